The summed E-state index contributed by atoms with van der Waals surface area (Å²) in [5.41, 5.74) is 2.27. The zero-order valence-electron chi connectivity index (χ0n) is 11.1. The number of nitrogens with one attached hydrogen (secondary N) is 2. The Hall–Kier alpha value is -2.62. The van der Waals surface area contributed by atoms with Crippen LogP contribution in [0.3, 0.4) is 0 Å². The van der Waals surface area contributed by atoms with Gasteiger partial charge in [-0.2, -0.15) is 0 Å². The quantitative estimate of drug-likeness (QED) is 0.871. The summed E-state index contributed by atoms with van der Waals surface area (Å²) in [5.74, 6) is -0.467. The predicted octanol–water partition coefficient (Wildman–Crippen LogP) is 3.93. The minimum atomic E-state index is -0.486. The molecule has 0 unspecified atom stereocenters. The van der Waals surface area contributed by atoms with Gasteiger partial charge in [-0.15, -0.1) is 0 Å². The lowest BCUT2D eigenvalue weighted by atomic mass is 10.1. The van der Waals surface area contributed by atoms with E-state index in [-0.39, 0.29) is 5.69 Å². The van der Waals surface area contributed by atoms with E-state index < -0.39 is 11.8 Å². The van der Waals surface area contributed by atoms with E-state index in [2.05, 4.69) is 10.6 Å². The van der Waals surface area contributed by atoms with Gasteiger partial charge in [0.15, 0.2) is 0 Å². The monoisotopic (exact) mass is 270 g/mol. The predicted molar refractivity (Wildman–Crippen MR) is 78.8 cm³/mol. The summed E-state index contributed by atoms with van der Waals surface area (Å²) in [4.78, 5) is 11.6. The molecule has 0 spiro atoms. The van der Waals surface area contributed by atoms with Crippen LogP contribution in [0, 0.1) is 12.7 Å². The smallest absolute Gasteiger partial charge is 0.314 e. The van der Waals surface area contributed by atoms with Crippen LogP contribution >= 0.6 is 0 Å². The van der Waals surface area contributed by atoms with E-state index in [9.17, 15) is 9.18 Å². The number of anilines is 1. The van der Waals surface area contributed by atoms with Crippen LogP contribution in [-0.4, -0.2) is 6.03 Å². The first-order valence-corrected chi connectivity index (χ1v) is 6.21. The second-order valence-electron chi connectivity index (χ2n) is 4.27. The van der Waals surface area contributed by atoms with Crippen LogP contribution in [0.15, 0.2) is 54.7 Å². The van der Waals surface area contributed by atoms with Crippen LogP contribution in [0.25, 0.3) is 6.08 Å². The van der Waals surface area contributed by atoms with E-state index in [4.69, 9.17) is 0 Å². The van der Waals surface area contributed by atoms with Crippen LogP contribution in [0.2, 0.25) is 0 Å². The van der Waals surface area contributed by atoms with Gasteiger partial charge in [-0.05, 0) is 36.3 Å². The standard InChI is InChI=1S/C16H15FN2O/c1-12-6-2-3-7-13(12)10-11-18-16(20)19-15-9-5-4-8-14(15)17/h2-11H,1H3,(H2,18,19,20)/b11-10+. The zero-order valence-corrected chi connectivity index (χ0v) is 11.1. The Morgan fingerprint density at radius 3 is 2.55 bits per heavy atom. The second-order valence-corrected chi connectivity index (χ2v) is 4.27. The lowest BCUT2D eigenvalue weighted by Crippen LogP contribution is -2.24. The van der Waals surface area contributed by atoms with Crippen molar-refractivity contribution < 1.29 is 9.18 Å². The number of benzene rings is 2. The Morgan fingerprint density at radius 1 is 1.10 bits per heavy atom. The molecule has 3 nitrogen and oxygen atoms in total. The number of aryl methyl sites for hydroxylation is 1. The average Bonchev–Trinajstić information content (AvgIpc) is 2.43. The highest BCUT2D eigenvalue weighted by molar-refractivity contribution is 5.90. The molecule has 20 heavy (non-hydrogen) atoms. The van der Waals surface area contributed by atoms with Gasteiger partial charge in [-0.3, -0.25) is 0 Å². The number of halogens is 1. The van der Waals surface area contributed by atoms with E-state index in [0.29, 0.717) is 0 Å². The van der Waals surface area contributed by atoms with Gasteiger partial charge >= 0.3 is 6.03 Å². The van der Waals surface area contributed by atoms with Crippen molar-refractivity contribution in [1.29, 1.82) is 0 Å². The second kappa shape index (κ2) is 6.52. The molecule has 0 bridgehead atoms. The highest BCUT2D eigenvalue weighted by Crippen LogP contribution is 2.12. The number of urea groups is 1. The molecule has 0 aliphatic carbocycles. The molecule has 4 heteroatoms. The molecule has 2 aromatic carbocycles. The van der Waals surface area contributed by atoms with Crippen molar-refractivity contribution in [3.8, 4) is 0 Å². The van der Waals surface area contributed by atoms with Crippen LogP contribution in [-0.2, 0) is 0 Å². The Balaban J connectivity index is 1.93. The number of carbonyl (C=O) groups excluding carboxylic acids is 1. The minimum Gasteiger partial charge on any atom is -0.314 e. The lowest BCUT2D eigenvalue weighted by Gasteiger charge is -2.05. The molecule has 0 aliphatic rings. The molecule has 0 atom stereocenters. The third-order valence-corrected chi connectivity index (χ3v) is 2.79. The van der Waals surface area contributed by atoms with E-state index >= 15 is 0 Å². The fraction of sp³-hybridized carbons (Fsp3) is 0.0625. The maximum absolute atomic E-state index is 13.3. The van der Waals surface area contributed by atoms with Crippen molar-refractivity contribution >= 4 is 17.8 Å². The van der Waals surface area contributed by atoms with Gasteiger partial charge < -0.3 is 10.6 Å². The van der Waals surface area contributed by atoms with Crippen molar-refractivity contribution in [2.24, 2.45) is 0 Å². The molecule has 2 aromatic rings. The topological polar surface area (TPSA) is 41.1 Å². The highest BCUT2D eigenvalue weighted by Gasteiger charge is 2.03. The van der Waals surface area contributed by atoms with Crippen molar-refractivity contribution in [3.63, 3.8) is 0 Å². The van der Waals surface area contributed by atoms with Crippen molar-refractivity contribution in [1.82, 2.24) is 5.32 Å². The molecule has 0 aromatic heterocycles. The maximum atomic E-state index is 13.3. The maximum Gasteiger partial charge on any atom is 0.323 e. The molecule has 0 radical (unpaired) electrons. The van der Waals surface area contributed by atoms with E-state index in [1.807, 2.05) is 31.2 Å². The Morgan fingerprint density at radius 2 is 1.80 bits per heavy atom. The summed E-state index contributed by atoms with van der Waals surface area (Å²) < 4.78 is 13.3. The molecule has 2 rings (SSSR count). The summed E-state index contributed by atoms with van der Waals surface area (Å²) in [6.45, 7) is 1.99. The Bertz CT molecular complexity index is 638. The third kappa shape index (κ3) is 3.68. The van der Waals surface area contributed by atoms with Gasteiger partial charge in [0.1, 0.15) is 5.82 Å². The highest BCUT2D eigenvalue weighted by atomic mass is 19.1. The van der Waals surface area contributed by atoms with Gasteiger partial charge in [0.2, 0.25) is 0 Å². The molecule has 2 amide bonds. The van der Waals surface area contributed by atoms with E-state index in [1.165, 1.54) is 18.3 Å². The molecule has 0 fully saturated rings. The number of hydrogen-bond donors (Lipinski definition) is 2. The van der Waals surface area contributed by atoms with Gasteiger partial charge in [-0.1, -0.05) is 36.4 Å². The van der Waals surface area contributed by atoms with Crippen molar-refractivity contribution in [2.45, 2.75) is 6.92 Å². The lowest BCUT2D eigenvalue weighted by molar-refractivity contribution is 0.255. The third-order valence-electron chi connectivity index (χ3n) is 2.79. The molecule has 0 aliphatic heterocycles. The van der Waals surface area contributed by atoms with Crippen molar-refractivity contribution in [2.75, 3.05) is 5.32 Å². The Kier molecular flexibility index (Phi) is 4.50. The van der Waals surface area contributed by atoms with Gasteiger partial charge in [0.05, 0.1) is 5.69 Å². The first-order valence-electron chi connectivity index (χ1n) is 6.21. The largest absolute Gasteiger partial charge is 0.323 e. The number of hydrogen-bond acceptors (Lipinski definition) is 1. The first-order chi connectivity index (χ1) is 9.66. The number of para-hydroxylation sites is 1. The summed E-state index contributed by atoms with van der Waals surface area (Å²) in [6.07, 6.45) is 3.31. The molecular weight excluding hydrogens is 255 g/mol. The van der Waals surface area contributed by atoms with Crippen molar-refractivity contribution in [3.05, 3.63) is 71.7 Å². The number of amides is 2. The molecular formula is C16H15FN2O. The van der Waals surface area contributed by atoms with E-state index in [1.54, 1.807) is 18.2 Å². The normalized spacial score (nSPS) is 10.5. The summed E-state index contributed by atoms with van der Waals surface area (Å²) in [7, 11) is 0. The summed E-state index contributed by atoms with van der Waals surface area (Å²) in [5, 5.41) is 4.97. The minimum absolute atomic E-state index is 0.147. The SMILES string of the molecule is Cc1ccccc1/C=C/NC(=O)Nc1ccccc1F. The molecule has 102 valence electrons. The summed E-state index contributed by atoms with van der Waals surface area (Å²) in [6, 6.07) is 13.3. The van der Waals surface area contributed by atoms with Gasteiger partial charge in [0.25, 0.3) is 0 Å². The zero-order chi connectivity index (χ0) is 14.4. The Labute approximate surface area is 117 Å². The fourth-order valence-corrected chi connectivity index (χ4v) is 1.70. The van der Waals surface area contributed by atoms with Gasteiger partial charge in [-0.25, -0.2) is 9.18 Å². The molecule has 0 saturated carbocycles. The fourth-order valence-electron chi connectivity index (χ4n) is 1.70. The molecule has 2 N–H and O–H groups in total. The molecule has 0 heterocycles. The number of rotatable bonds is 3. The van der Waals surface area contributed by atoms with E-state index in [0.717, 1.165) is 11.1 Å². The van der Waals surface area contributed by atoms with Gasteiger partial charge in [0, 0.05) is 6.20 Å². The van der Waals surface area contributed by atoms with Crippen LogP contribution in [0.5, 0.6) is 0 Å². The summed E-state index contributed by atoms with van der Waals surface area (Å²) >= 11 is 0. The first kappa shape index (κ1) is 13.8. The van der Waals surface area contributed by atoms with Crippen LogP contribution in [0.1, 0.15) is 11.1 Å². The molecule has 0 saturated heterocycles. The number of carbonyl (C=O) groups is 1. The average molecular weight is 270 g/mol. The van der Waals surface area contributed by atoms with Crippen LogP contribution < -0.4 is 10.6 Å². The van der Waals surface area contributed by atoms with Crippen LogP contribution in [0.4, 0.5) is 14.9 Å².